The number of nitrogens with zero attached hydrogens (tertiary/aromatic N) is 4. The number of aromatic nitrogens is 2. The molecule has 150 valence electrons. The van der Waals surface area contributed by atoms with E-state index in [2.05, 4.69) is 20.4 Å². The van der Waals surface area contributed by atoms with Crippen LogP contribution in [0.4, 0.5) is 0 Å². The summed E-state index contributed by atoms with van der Waals surface area (Å²) in [5.41, 5.74) is 2.52. The topological polar surface area (TPSA) is 91.6 Å². The summed E-state index contributed by atoms with van der Waals surface area (Å²) in [6, 6.07) is 2.25. The fourth-order valence-corrected chi connectivity index (χ4v) is 3.56. The summed E-state index contributed by atoms with van der Waals surface area (Å²) in [4.78, 5) is 33.7. The lowest BCUT2D eigenvalue weighted by Gasteiger charge is -2.34. The number of hydrogen-bond acceptors (Lipinski definition) is 6. The van der Waals surface area contributed by atoms with Crippen molar-refractivity contribution in [3.05, 3.63) is 23.0 Å². The minimum atomic E-state index is -0.0253. The molecule has 4 rings (SSSR count). The Kier molecular flexibility index (Phi) is 5.05. The molecule has 1 aliphatic heterocycles. The third-order valence-electron chi connectivity index (χ3n) is 5.43. The lowest BCUT2D eigenvalue weighted by Crippen LogP contribution is -2.51. The smallest absolute Gasteiger partial charge is 0.259 e. The number of piperazine rings is 1. The van der Waals surface area contributed by atoms with Gasteiger partial charge in [0.25, 0.3) is 11.6 Å². The molecule has 3 heterocycles. The fraction of sp³-hybridized carbons (Fsp3) is 0.600. The van der Waals surface area contributed by atoms with Gasteiger partial charge in [0.2, 0.25) is 5.91 Å². The van der Waals surface area contributed by atoms with Crippen molar-refractivity contribution in [2.75, 3.05) is 32.7 Å². The van der Waals surface area contributed by atoms with E-state index < -0.39 is 0 Å². The van der Waals surface area contributed by atoms with Crippen molar-refractivity contribution in [3.8, 4) is 0 Å². The normalized spacial score (nSPS) is 18.1. The second-order valence-corrected chi connectivity index (χ2v) is 8.11. The van der Waals surface area contributed by atoms with Crippen LogP contribution in [-0.2, 0) is 4.79 Å². The summed E-state index contributed by atoms with van der Waals surface area (Å²) >= 11 is 0. The predicted molar refractivity (Wildman–Crippen MR) is 104 cm³/mol. The Balaban J connectivity index is 1.46. The molecule has 2 fully saturated rings. The molecule has 0 radical (unpaired) electrons. The number of amides is 2. The average molecular weight is 385 g/mol. The molecule has 0 bridgehead atoms. The lowest BCUT2D eigenvalue weighted by atomic mass is 10.0. The molecule has 0 atom stereocenters. The zero-order chi connectivity index (χ0) is 19.8. The summed E-state index contributed by atoms with van der Waals surface area (Å²) in [6.45, 7) is 8.89. The number of nitrogens with one attached hydrogen (secondary N) is 1. The Bertz CT molecular complexity index is 895. The van der Waals surface area contributed by atoms with Crippen molar-refractivity contribution in [3.63, 3.8) is 0 Å². The van der Waals surface area contributed by atoms with Gasteiger partial charge in [0, 0.05) is 37.9 Å². The molecular formula is C20H27N5O3. The largest absolute Gasteiger partial charge is 0.352 e. The molecule has 1 saturated heterocycles. The minimum Gasteiger partial charge on any atom is -0.352 e. The van der Waals surface area contributed by atoms with Crippen LogP contribution in [0.2, 0.25) is 0 Å². The molecule has 2 amide bonds. The number of carbonyl (C=O) groups excluding carboxylic acids is 2. The third kappa shape index (κ3) is 3.87. The minimum absolute atomic E-state index is 0.0253. The van der Waals surface area contributed by atoms with Gasteiger partial charge in [-0.3, -0.25) is 14.5 Å². The maximum atomic E-state index is 13.3. The van der Waals surface area contributed by atoms with Crippen molar-refractivity contribution in [1.82, 2.24) is 25.3 Å². The molecule has 0 unspecified atom stereocenters. The van der Waals surface area contributed by atoms with E-state index >= 15 is 0 Å². The molecule has 8 heteroatoms. The number of fused-ring (bicyclic) bond motifs is 1. The predicted octanol–water partition coefficient (Wildman–Crippen LogP) is 1.69. The third-order valence-corrected chi connectivity index (χ3v) is 5.43. The second kappa shape index (κ2) is 7.50. The van der Waals surface area contributed by atoms with E-state index in [-0.39, 0.29) is 17.7 Å². The Labute approximate surface area is 164 Å². The Morgan fingerprint density at radius 2 is 1.96 bits per heavy atom. The first-order chi connectivity index (χ1) is 13.4. The van der Waals surface area contributed by atoms with Crippen molar-refractivity contribution in [2.45, 2.75) is 45.6 Å². The van der Waals surface area contributed by atoms with Gasteiger partial charge < -0.3 is 14.7 Å². The summed E-state index contributed by atoms with van der Waals surface area (Å²) in [5.74, 6) is 0.241. The number of pyridine rings is 1. The monoisotopic (exact) mass is 385 g/mol. The molecular weight excluding hydrogens is 358 g/mol. The van der Waals surface area contributed by atoms with E-state index in [1.807, 2.05) is 31.7 Å². The molecule has 1 N–H and O–H groups in total. The fourth-order valence-electron chi connectivity index (χ4n) is 3.56. The summed E-state index contributed by atoms with van der Waals surface area (Å²) in [5, 5.41) is 7.71. The number of rotatable bonds is 5. The number of aryl methyl sites for hydroxylation is 1. The highest BCUT2D eigenvalue weighted by Gasteiger charge is 2.28. The molecule has 8 nitrogen and oxygen atoms in total. The summed E-state index contributed by atoms with van der Waals surface area (Å²) in [6.07, 6.45) is 2.18. The van der Waals surface area contributed by atoms with Crippen LogP contribution >= 0.6 is 0 Å². The van der Waals surface area contributed by atoms with Crippen LogP contribution in [0.1, 0.15) is 54.4 Å². The van der Waals surface area contributed by atoms with Crippen molar-refractivity contribution >= 4 is 22.9 Å². The molecule has 2 aromatic rings. The van der Waals surface area contributed by atoms with Crippen LogP contribution in [0, 0.1) is 6.92 Å². The highest BCUT2D eigenvalue weighted by Crippen LogP contribution is 2.26. The van der Waals surface area contributed by atoms with E-state index in [9.17, 15) is 9.59 Å². The maximum Gasteiger partial charge on any atom is 0.259 e. The SMILES string of the molecule is Cc1noc2nc(C(C)C)cc(C(=O)N3CCN(CC(=O)NC4CC4)CC3)c12. The van der Waals surface area contributed by atoms with Crippen LogP contribution in [0.25, 0.3) is 11.1 Å². The molecule has 2 aliphatic rings. The molecule has 0 aromatic carbocycles. The highest BCUT2D eigenvalue weighted by molar-refractivity contribution is 6.06. The first kappa shape index (κ1) is 18.9. The lowest BCUT2D eigenvalue weighted by molar-refractivity contribution is -0.122. The molecule has 2 aromatic heterocycles. The quantitative estimate of drug-likeness (QED) is 0.842. The van der Waals surface area contributed by atoms with E-state index in [0.717, 1.165) is 18.5 Å². The first-order valence-electron chi connectivity index (χ1n) is 10.00. The van der Waals surface area contributed by atoms with Crippen LogP contribution in [-0.4, -0.2) is 70.5 Å². The number of hydrogen-bond donors (Lipinski definition) is 1. The van der Waals surface area contributed by atoms with Crippen molar-refractivity contribution in [1.29, 1.82) is 0 Å². The van der Waals surface area contributed by atoms with E-state index in [1.165, 1.54) is 0 Å². The zero-order valence-electron chi connectivity index (χ0n) is 16.7. The molecule has 0 spiro atoms. The van der Waals surface area contributed by atoms with Gasteiger partial charge in [0.05, 0.1) is 23.2 Å². The Hall–Kier alpha value is -2.48. The number of carbonyl (C=O) groups is 2. The molecule has 28 heavy (non-hydrogen) atoms. The van der Waals surface area contributed by atoms with Crippen molar-refractivity contribution in [2.24, 2.45) is 0 Å². The molecule has 1 saturated carbocycles. The van der Waals surface area contributed by atoms with Crippen molar-refractivity contribution < 1.29 is 14.1 Å². The van der Waals surface area contributed by atoms with Crippen LogP contribution in [0.3, 0.4) is 0 Å². The Morgan fingerprint density at radius 1 is 1.25 bits per heavy atom. The van der Waals surface area contributed by atoms with Gasteiger partial charge in [-0.2, -0.15) is 0 Å². The standard InChI is InChI=1S/C20H27N5O3/c1-12(2)16-10-15(18-13(3)23-28-19(18)22-16)20(27)25-8-6-24(7-9-25)11-17(26)21-14-4-5-14/h10,12,14H,4-9,11H2,1-3H3,(H,21,26). The van der Waals surface area contributed by atoms with Crippen LogP contribution in [0.15, 0.2) is 10.6 Å². The highest BCUT2D eigenvalue weighted by atomic mass is 16.5. The van der Waals surface area contributed by atoms with Gasteiger partial charge in [-0.25, -0.2) is 4.98 Å². The first-order valence-corrected chi connectivity index (χ1v) is 10.00. The zero-order valence-corrected chi connectivity index (χ0v) is 16.7. The maximum absolute atomic E-state index is 13.3. The average Bonchev–Trinajstić information content (AvgIpc) is 3.41. The van der Waals surface area contributed by atoms with Gasteiger partial charge >= 0.3 is 0 Å². The van der Waals surface area contributed by atoms with Crippen LogP contribution in [0.5, 0.6) is 0 Å². The van der Waals surface area contributed by atoms with E-state index in [4.69, 9.17) is 4.52 Å². The van der Waals surface area contributed by atoms with E-state index in [0.29, 0.717) is 61.1 Å². The van der Waals surface area contributed by atoms with E-state index in [1.54, 1.807) is 0 Å². The Morgan fingerprint density at radius 3 is 2.61 bits per heavy atom. The summed E-state index contributed by atoms with van der Waals surface area (Å²) in [7, 11) is 0. The van der Waals surface area contributed by atoms with Crippen LogP contribution < -0.4 is 5.32 Å². The van der Waals surface area contributed by atoms with Gasteiger partial charge in [-0.15, -0.1) is 0 Å². The van der Waals surface area contributed by atoms with Gasteiger partial charge in [-0.1, -0.05) is 19.0 Å². The van der Waals surface area contributed by atoms with Gasteiger partial charge in [0.1, 0.15) is 0 Å². The second-order valence-electron chi connectivity index (χ2n) is 8.11. The molecule has 1 aliphatic carbocycles. The van der Waals surface area contributed by atoms with Gasteiger partial charge in [-0.05, 0) is 31.7 Å². The summed E-state index contributed by atoms with van der Waals surface area (Å²) < 4.78 is 5.33. The van der Waals surface area contributed by atoms with Gasteiger partial charge in [0.15, 0.2) is 0 Å².